The summed E-state index contributed by atoms with van der Waals surface area (Å²) in [6.07, 6.45) is 1.81. The van der Waals surface area contributed by atoms with Gasteiger partial charge >= 0.3 is 11.8 Å². The van der Waals surface area contributed by atoms with E-state index in [1.165, 1.54) is 12.1 Å². The molecule has 1 heterocycles. The SMILES string of the molecule is CN1CCC(CNC(=O)C(=O)Nc2ccc(Cl)c(F)c2)(N(C)C)CC1. The first-order chi connectivity index (χ1) is 11.7. The largest absolute Gasteiger partial charge is 0.346 e. The minimum absolute atomic E-state index is 0.0439. The third kappa shape index (κ3) is 4.90. The summed E-state index contributed by atoms with van der Waals surface area (Å²) in [5.74, 6) is -2.23. The maximum Gasteiger partial charge on any atom is 0.313 e. The molecule has 1 fully saturated rings. The van der Waals surface area contributed by atoms with Crippen molar-refractivity contribution < 1.29 is 14.0 Å². The van der Waals surface area contributed by atoms with Gasteiger partial charge in [-0.3, -0.25) is 9.59 Å². The van der Waals surface area contributed by atoms with Crippen molar-refractivity contribution in [1.82, 2.24) is 15.1 Å². The van der Waals surface area contributed by atoms with Crippen LogP contribution in [-0.4, -0.2) is 67.9 Å². The van der Waals surface area contributed by atoms with E-state index in [0.717, 1.165) is 32.0 Å². The minimum atomic E-state index is -0.830. The lowest BCUT2D eigenvalue weighted by atomic mass is 9.86. The summed E-state index contributed by atoms with van der Waals surface area (Å²) in [5, 5.41) is 5.04. The van der Waals surface area contributed by atoms with Crippen molar-refractivity contribution in [3.63, 3.8) is 0 Å². The van der Waals surface area contributed by atoms with Crippen LogP contribution in [0, 0.1) is 5.82 Å². The van der Waals surface area contributed by atoms with Gasteiger partial charge in [0.2, 0.25) is 0 Å². The monoisotopic (exact) mass is 370 g/mol. The number of hydrogen-bond donors (Lipinski definition) is 2. The molecule has 1 saturated heterocycles. The first-order valence-corrected chi connectivity index (χ1v) is 8.51. The zero-order valence-corrected chi connectivity index (χ0v) is 15.5. The highest BCUT2D eigenvalue weighted by molar-refractivity contribution is 6.39. The maximum atomic E-state index is 13.4. The lowest BCUT2D eigenvalue weighted by molar-refractivity contribution is -0.136. The van der Waals surface area contributed by atoms with Crippen molar-refractivity contribution in [3.05, 3.63) is 29.0 Å². The first-order valence-electron chi connectivity index (χ1n) is 8.14. The van der Waals surface area contributed by atoms with Gasteiger partial charge in [-0.25, -0.2) is 4.39 Å². The molecule has 25 heavy (non-hydrogen) atoms. The molecular weight excluding hydrogens is 347 g/mol. The van der Waals surface area contributed by atoms with E-state index in [0.29, 0.717) is 6.54 Å². The summed E-state index contributed by atoms with van der Waals surface area (Å²) in [6.45, 7) is 2.25. The van der Waals surface area contributed by atoms with E-state index in [1.54, 1.807) is 0 Å². The molecule has 0 spiro atoms. The fourth-order valence-electron chi connectivity index (χ4n) is 2.90. The van der Waals surface area contributed by atoms with Crippen molar-refractivity contribution in [2.45, 2.75) is 18.4 Å². The molecule has 0 saturated carbocycles. The number of rotatable bonds is 4. The fourth-order valence-corrected chi connectivity index (χ4v) is 3.02. The second kappa shape index (κ2) is 8.12. The van der Waals surface area contributed by atoms with E-state index in [1.807, 2.05) is 14.1 Å². The zero-order chi connectivity index (χ0) is 18.6. The number of carbonyl (C=O) groups is 2. The van der Waals surface area contributed by atoms with E-state index in [9.17, 15) is 14.0 Å². The van der Waals surface area contributed by atoms with Crippen LogP contribution in [0.4, 0.5) is 10.1 Å². The van der Waals surface area contributed by atoms with E-state index < -0.39 is 17.6 Å². The topological polar surface area (TPSA) is 64.7 Å². The Labute approximate surface area is 152 Å². The van der Waals surface area contributed by atoms with Crippen LogP contribution < -0.4 is 10.6 Å². The quantitative estimate of drug-likeness (QED) is 0.789. The number of carbonyl (C=O) groups excluding carboxylic acids is 2. The van der Waals surface area contributed by atoms with E-state index in [2.05, 4.69) is 27.5 Å². The Kier molecular flexibility index (Phi) is 6.37. The third-order valence-electron chi connectivity index (χ3n) is 4.83. The highest BCUT2D eigenvalue weighted by Gasteiger charge is 2.36. The lowest BCUT2D eigenvalue weighted by Crippen LogP contribution is -2.58. The molecule has 1 aliphatic rings. The number of likely N-dealkylation sites (tertiary alicyclic amines) is 1. The van der Waals surface area contributed by atoms with Gasteiger partial charge in [-0.15, -0.1) is 0 Å². The second-order valence-electron chi connectivity index (χ2n) is 6.69. The summed E-state index contributed by atoms with van der Waals surface area (Å²) >= 11 is 5.60. The van der Waals surface area contributed by atoms with Crippen LogP contribution in [0.5, 0.6) is 0 Å². The molecule has 0 aromatic heterocycles. The molecule has 1 aromatic rings. The predicted octanol–water partition coefficient (Wildman–Crippen LogP) is 1.56. The van der Waals surface area contributed by atoms with Crippen LogP contribution in [0.25, 0.3) is 0 Å². The standard InChI is InChI=1S/C17H24ClFN4O2/c1-22(2)17(6-8-23(3)9-7-17)11-20-15(24)16(25)21-12-4-5-13(18)14(19)10-12/h4-5,10H,6-9,11H2,1-3H3,(H,20,24)(H,21,25). The number of amides is 2. The van der Waals surface area contributed by atoms with Crippen molar-refractivity contribution in [2.75, 3.05) is 46.1 Å². The lowest BCUT2D eigenvalue weighted by Gasteiger charge is -2.45. The smallest absolute Gasteiger partial charge is 0.313 e. The fraction of sp³-hybridized carbons (Fsp3) is 0.529. The van der Waals surface area contributed by atoms with Gasteiger partial charge in [0.05, 0.1) is 5.02 Å². The Morgan fingerprint density at radius 1 is 1.28 bits per heavy atom. The molecular formula is C17H24ClFN4O2. The Morgan fingerprint density at radius 2 is 1.92 bits per heavy atom. The molecule has 1 aromatic carbocycles. The Morgan fingerprint density at radius 3 is 2.48 bits per heavy atom. The first kappa shape index (κ1) is 19.6. The number of anilines is 1. The highest BCUT2D eigenvalue weighted by atomic mass is 35.5. The molecule has 2 amide bonds. The van der Waals surface area contributed by atoms with Crippen LogP contribution in [0.15, 0.2) is 18.2 Å². The number of likely N-dealkylation sites (N-methyl/N-ethyl adjacent to an activating group) is 1. The summed E-state index contributed by atoms with van der Waals surface area (Å²) in [7, 11) is 6.03. The van der Waals surface area contributed by atoms with Crippen LogP contribution in [-0.2, 0) is 9.59 Å². The van der Waals surface area contributed by atoms with E-state index in [-0.39, 0.29) is 16.2 Å². The van der Waals surface area contributed by atoms with Gasteiger partial charge in [-0.1, -0.05) is 11.6 Å². The van der Waals surface area contributed by atoms with Crippen molar-refractivity contribution in [1.29, 1.82) is 0 Å². The van der Waals surface area contributed by atoms with Gasteiger partial charge < -0.3 is 20.4 Å². The van der Waals surface area contributed by atoms with Crippen LogP contribution in [0.2, 0.25) is 5.02 Å². The molecule has 0 unspecified atom stereocenters. The number of benzene rings is 1. The number of hydrogen-bond acceptors (Lipinski definition) is 4. The molecule has 0 atom stereocenters. The minimum Gasteiger partial charge on any atom is -0.346 e. The highest BCUT2D eigenvalue weighted by Crippen LogP contribution is 2.26. The Bertz CT molecular complexity index is 646. The average Bonchev–Trinajstić information content (AvgIpc) is 2.57. The third-order valence-corrected chi connectivity index (χ3v) is 5.13. The Hall–Kier alpha value is -1.70. The van der Waals surface area contributed by atoms with E-state index in [4.69, 9.17) is 11.6 Å². The van der Waals surface area contributed by atoms with Crippen LogP contribution in [0.3, 0.4) is 0 Å². The summed E-state index contributed by atoms with van der Waals surface area (Å²) in [6, 6.07) is 3.84. The molecule has 2 N–H and O–H groups in total. The molecule has 2 rings (SSSR count). The van der Waals surface area contributed by atoms with Crippen molar-refractivity contribution in [3.8, 4) is 0 Å². The molecule has 0 bridgehead atoms. The predicted molar refractivity (Wildman–Crippen MR) is 96.2 cm³/mol. The van der Waals surface area contributed by atoms with Gasteiger partial charge in [0, 0.05) is 17.8 Å². The number of piperidine rings is 1. The number of nitrogens with zero attached hydrogens (tertiary/aromatic N) is 2. The molecule has 0 radical (unpaired) electrons. The van der Waals surface area contributed by atoms with Crippen molar-refractivity contribution in [2.24, 2.45) is 0 Å². The van der Waals surface area contributed by atoms with Crippen LogP contribution >= 0.6 is 11.6 Å². The molecule has 1 aliphatic heterocycles. The van der Waals surface area contributed by atoms with Gasteiger partial charge in [0.25, 0.3) is 0 Å². The second-order valence-corrected chi connectivity index (χ2v) is 7.09. The van der Waals surface area contributed by atoms with Crippen molar-refractivity contribution >= 4 is 29.1 Å². The molecule has 8 heteroatoms. The van der Waals surface area contributed by atoms with E-state index >= 15 is 0 Å². The van der Waals surface area contributed by atoms with Gasteiger partial charge in [-0.05, 0) is 65.3 Å². The number of halogens is 2. The molecule has 0 aliphatic carbocycles. The average molecular weight is 371 g/mol. The van der Waals surface area contributed by atoms with Gasteiger partial charge in [0.1, 0.15) is 5.82 Å². The Balaban J connectivity index is 1.93. The summed E-state index contributed by atoms with van der Waals surface area (Å²) in [5.41, 5.74) is 0.0122. The number of nitrogens with one attached hydrogen (secondary N) is 2. The van der Waals surface area contributed by atoms with Gasteiger partial charge in [0.15, 0.2) is 0 Å². The zero-order valence-electron chi connectivity index (χ0n) is 14.7. The van der Waals surface area contributed by atoms with Gasteiger partial charge in [-0.2, -0.15) is 0 Å². The normalized spacial score (nSPS) is 17.4. The maximum absolute atomic E-state index is 13.4. The summed E-state index contributed by atoms with van der Waals surface area (Å²) < 4.78 is 13.4. The van der Waals surface area contributed by atoms with Crippen LogP contribution in [0.1, 0.15) is 12.8 Å². The molecule has 138 valence electrons. The summed E-state index contributed by atoms with van der Waals surface area (Å²) in [4.78, 5) is 28.5. The molecule has 6 nitrogen and oxygen atoms in total.